The number of nitrogens with zero attached hydrogens (tertiary/aromatic N) is 1. The number of amides is 2. The number of hydrogen-bond donors (Lipinski definition) is 4. The molecule has 0 bridgehead atoms. The summed E-state index contributed by atoms with van der Waals surface area (Å²) in [6.45, 7) is 2.00. The minimum atomic E-state index is -1.78. The molecule has 4 N–H and O–H groups in total. The Morgan fingerprint density at radius 2 is 1.92 bits per heavy atom. The van der Waals surface area contributed by atoms with Gasteiger partial charge in [-0.15, -0.1) is 0 Å². The Balaban J connectivity index is 1.30. The largest absolute Gasteiger partial charge is 0.396 e. The number of fused-ring (bicyclic) bond motifs is 2. The van der Waals surface area contributed by atoms with E-state index in [0.717, 1.165) is 22.0 Å². The molecule has 2 atom stereocenters. The van der Waals surface area contributed by atoms with Crippen LogP contribution in [0.5, 0.6) is 0 Å². The molecule has 0 radical (unpaired) electrons. The van der Waals surface area contributed by atoms with E-state index in [2.05, 4.69) is 10.3 Å². The number of rotatable bonds is 9. The van der Waals surface area contributed by atoms with Gasteiger partial charge in [0.2, 0.25) is 5.91 Å². The molecule has 0 saturated carbocycles. The molecule has 200 valence electrons. The Bertz CT molecular complexity index is 1550. The number of anilines is 2. The number of benzene rings is 3. The lowest BCUT2D eigenvalue weighted by atomic mass is 9.83. The van der Waals surface area contributed by atoms with Crippen LogP contribution in [0.15, 0.2) is 85.1 Å². The SMILES string of the molecule is C[C@@H](/C=C/CCO)[C@]1(O)C(=O)N(Cc2ccc(NC(=O)Cc3c[nH]c4ccccc34)cc2)c2ccc(Cl)cc21. The zero-order chi connectivity index (χ0) is 27.6. The normalized spacial score (nSPS) is 17.6. The van der Waals surface area contributed by atoms with E-state index in [9.17, 15) is 14.7 Å². The number of carbonyl (C=O) groups is 2. The van der Waals surface area contributed by atoms with Crippen LogP contribution in [0.3, 0.4) is 0 Å². The first-order valence-electron chi connectivity index (χ1n) is 12.9. The minimum absolute atomic E-state index is 0.0103. The average Bonchev–Trinajstić information content (AvgIpc) is 3.42. The van der Waals surface area contributed by atoms with E-state index >= 15 is 0 Å². The first-order valence-corrected chi connectivity index (χ1v) is 13.2. The summed E-state index contributed by atoms with van der Waals surface area (Å²) in [6.07, 6.45) is 6.04. The molecule has 2 heterocycles. The molecule has 0 unspecified atom stereocenters. The van der Waals surface area contributed by atoms with E-state index in [1.165, 1.54) is 0 Å². The van der Waals surface area contributed by atoms with Gasteiger partial charge in [0.15, 0.2) is 5.60 Å². The number of hydrogen-bond acceptors (Lipinski definition) is 4. The lowest BCUT2D eigenvalue weighted by Gasteiger charge is -2.27. The van der Waals surface area contributed by atoms with Crippen LogP contribution in [0.4, 0.5) is 11.4 Å². The van der Waals surface area contributed by atoms with Gasteiger partial charge in [0.05, 0.1) is 18.7 Å². The van der Waals surface area contributed by atoms with Crippen molar-refractivity contribution in [2.24, 2.45) is 5.92 Å². The summed E-state index contributed by atoms with van der Waals surface area (Å²) < 4.78 is 0. The molecule has 0 aliphatic carbocycles. The van der Waals surface area contributed by atoms with Gasteiger partial charge in [-0.05, 0) is 53.9 Å². The van der Waals surface area contributed by atoms with Gasteiger partial charge in [0, 0.05) is 45.9 Å². The first kappa shape index (κ1) is 26.7. The van der Waals surface area contributed by atoms with Crippen LogP contribution < -0.4 is 10.2 Å². The number of aromatic nitrogens is 1. The number of aliphatic hydroxyl groups excluding tert-OH is 1. The van der Waals surface area contributed by atoms with Crippen molar-refractivity contribution in [2.75, 3.05) is 16.8 Å². The highest BCUT2D eigenvalue weighted by atomic mass is 35.5. The summed E-state index contributed by atoms with van der Waals surface area (Å²) in [5, 5.41) is 25.1. The molecular formula is C31H30ClN3O4. The Morgan fingerprint density at radius 1 is 1.15 bits per heavy atom. The summed E-state index contributed by atoms with van der Waals surface area (Å²) in [5.41, 5.74) is 2.70. The third-order valence-corrected chi connectivity index (χ3v) is 7.45. The van der Waals surface area contributed by atoms with Gasteiger partial charge in [-0.1, -0.05) is 61.0 Å². The van der Waals surface area contributed by atoms with Crippen LogP contribution in [-0.4, -0.2) is 33.6 Å². The quantitative estimate of drug-likeness (QED) is 0.215. The molecule has 4 aromatic rings. The van der Waals surface area contributed by atoms with Crippen LogP contribution in [0.2, 0.25) is 5.02 Å². The van der Waals surface area contributed by atoms with E-state index in [1.807, 2.05) is 42.6 Å². The number of para-hydroxylation sites is 1. The summed E-state index contributed by atoms with van der Waals surface area (Å²) in [5.74, 6) is -1.09. The number of aliphatic hydroxyl groups is 2. The number of nitrogens with one attached hydrogen (secondary N) is 2. The van der Waals surface area contributed by atoms with Crippen molar-refractivity contribution in [1.29, 1.82) is 0 Å². The molecule has 1 aliphatic rings. The molecule has 2 amide bonds. The van der Waals surface area contributed by atoms with Gasteiger partial charge in [-0.3, -0.25) is 9.59 Å². The maximum absolute atomic E-state index is 13.6. The third kappa shape index (κ3) is 5.21. The molecule has 0 fully saturated rings. The molecule has 0 saturated heterocycles. The van der Waals surface area contributed by atoms with E-state index < -0.39 is 17.4 Å². The second kappa shape index (κ2) is 11.1. The van der Waals surface area contributed by atoms with E-state index in [4.69, 9.17) is 16.7 Å². The monoisotopic (exact) mass is 543 g/mol. The Morgan fingerprint density at radius 3 is 2.69 bits per heavy atom. The highest BCUT2D eigenvalue weighted by molar-refractivity contribution is 6.31. The maximum Gasteiger partial charge on any atom is 0.264 e. The molecular weight excluding hydrogens is 514 g/mol. The number of aromatic amines is 1. The van der Waals surface area contributed by atoms with Crippen molar-refractivity contribution < 1.29 is 19.8 Å². The van der Waals surface area contributed by atoms with Crippen LogP contribution in [0.1, 0.15) is 30.0 Å². The molecule has 3 aromatic carbocycles. The molecule has 5 rings (SSSR count). The van der Waals surface area contributed by atoms with Crippen molar-refractivity contribution in [3.05, 3.63) is 107 Å². The molecule has 1 aromatic heterocycles. The van der Waals surface area contributed by atoms with Gasteiger partial charge in [-0.25, -0.2) is 0 Å². The molecule has 7 nitrogen and oxygen atoms in total. The Hall–Kier alpha value is -3.91. The summed E-state index contributed by atoms with van der Waals surface area (Å²) >= 11 is 6.24. The van der Waals surface area contributed by atoms with E-state index in [0.29, 0.717) is 28.4 Å². The average molecular weight is 544 g/mol. The second-order valence-electron chi connectivity index (χ2n) is 9.83. The van der Waals surface area contributed by atoms with Crippen LogP contribution in [0, 0.1) is 5.92 Å². The zero-order valence-corrected chi connectivity index (χ0v) is 22.3. The highest BCUT2D eigenvalue weighted by Crippen LogP contribution is 2.46. The second-order valence-corrected chi connectivity index (χ2v) is 10.3. The van der Waals surface area contributed by atoms with Gasteiger partial charge in [-0.2, -0.15) is 0 Å². The predicted octanol–water partition coefficient (Wildman–Crippen LogP) is 5.31. The molecule has 39 heavy (non-hydrogen) atoms. The standard InChI is InChI=1S/C31H30ClN3O4/c1-20(6-4-5-15-36)31(39)26-17-23(32)11-14-28(26)35(30(31)38)19-21-9-12-24(13-10-21)34-29(37)16-22-18-33-27-8-3-2-7-25(22)27/h2-4,6-14,17-18,20,33,36,39H,5,15-16,19H2,1H3,(H,34,37)/b6-4+/t20-,31+/m0/s1. The summed E-state index contributed by atoms with van der Waals surface area (Å²) in [7, 11) is 0. The van der Waals surface area contributed by atoms with E-state index in [-0.39, 0.29) is 25.5 Å². The van der Waals surface area contributed by atoms with Gasteiger partial charge < -0.3 is 25.4 Å². The first-order chi connectivity index (χ1) is 18.8. The van der Waals surface area contributed by atoms with Crippen LogP contribution in [0.25, 0.3) is 10.9 Å². The van der Waals surface area contributed by atoms with Gasteiger partial charge in [0.25, 0.3) is 5.91 Å². The minimum Gasteiger partial charge on any atom is -0.396 e. The predicted molar refractivity (Wildman–Crippen MR) is 154 cm³/mol. The van der Waals surface area contributed by atoms with Crippen molar-refractivity contribution in [3.8, 4) is 0 Å². The fourth-order valence-corrected chi connectivity index (χ4v) is 5.29. The summed E-state index contributed by atoms with van der Waals surface area (Å²) in [6, 6.07) is 20.3. The summed E-state index contributed by atoms with van der Waals surface area (Å²) in [4.78, 5) is 31.1. The third-order valence-electron chi connectivity index (χ3n) is 7.22. The van der Waals surface area contributed by atoms with Crippen LogP contribution >= 0.6 is 11.6 Å². The topological polar surface area (TPSA) is 106 Å². The number of carbonyl (C=O) groups excluding carboxylic acids is 2. The number of H-pyrrole nitrogens is 1. The molecule has 1 aliphatic heterocycles. The van der Waals surface area contributed by atoms with Crippen molar-refractivity contribution in [2.45, 2.75) is 31.9 Å². The fourth-order valence-electron chi connectivity index (χ4n) is 5.12. The lowest BCUT2D eigenvalue weighted by Crippen LogP contribution is -2.44. The van der Waals surface area contributed by atoms with E-state index in [1.54, 1.807) is 54.3 Å². The fraction of sp³-hybridized carbons (Fsp3) is 0.226. The maximum atomic E-state index is 13.6. The van der Waals surface area contributed by atoms with Gasteiger partial charge in [0.1, 0.15) is 0 Å². The van der Waals surface area contributed by atoms with Gasteiger partial charge >= 0.3 is 0 Å². The Labute approximate surface area is 231 Å². The lowest BCUT2D eigenvalue weighted by molar-refractivity contribution is -0.139. The molecule has 0 spiro atoms. The zero-order valence-electron chi connectivity index (χ0n) is 21.5. The van der Waals surface area contributed by atoms with Crippen molar-refractivity contribution in [1.82, 2.24) is 4.98 Å². The number of halogens is 1. The van der Waals surface area contributed by atoms with Crippen molar-refractivity contribution in [3.63, 3.8) is 0 Å². The smallest absolute Gasteiger partial charge is 0.264 e. The molecule has 8 heteroatoms. The van der Waals surface area contributed by atoms with Crippen LogP contribution in [-0.2, 0) is 28.2 Å². The van der Waals surface area contributed by atoms with Crippen molar-refractivity contribution >= 4 is 45.7 Å². The Kier molecular flexibility index (Phi) is 7.57. The highest BCUT2D eigenvalue weighted by Gasteiger charge is 2.52.